The number of thiophene rings is 1. The number of piperidine rings is 1. The molecule has 25 heavy (non-hydrogen) atoms. The standard InChI is InChI=1S/C20H25NO3S/c1-14-8-10-25-20(14)19(22)15-5-4-9-21(12-15)13-16-11-17(23-2)6-7-18(16)24-3/h6-8,10-11,15H,4-5,9,12-13H2,1-3H3/t15-/m1/s1. The van der Waals surface area contributed by atoms with Crippen LogP contribution in [0.3, 0.4) is 0 Å². The number of ketones is 1. The largest absolute Gasteiger partial charge is 0.497 e. The van der Waals surface area contributed by atoms with E-state index in [1.54, 1.807) is 25.6 Å². The molecule has 134 valence electrons. The minimum atomic E-state index is 0.0858. The minimum Gasteiger partial charge on any atom is -0.497 e. The summed E-state index contributed by atoms with van der Waals surface area (Å²) in [6.45, 7) is 4.60. The van der Waals surface area contributed by atoms with Crippen molar-refractivity contribution in [2.45, 2.75) is 26.3 Å². The topological polar surface area (TPSA) is 38.8 Å². The molecule has 2 heterocycles. The number of carbonyl (C=O) groups is 1. The Morgan fingerprint density at radius 1 is 1.28 bits per heavy atom. The molecule has 0 N–H and O–H groups in total. The summed E-state index contributed by atoms with van der Waals surface area (Å²) in [7, 11) is 3.36. The summed E-state index contributed by atoms with van der Waals surface area (Å²) in [5.74, 6) is 2.08. The van der Waals surface area contributed by atoms with Crippen molar-refractivity contribution in [2.24, 2.45) is 5.92 Å². The number of nitrogens with zero attached hydrogens (tertiary/aromatic N) is 1. The molecule has 1 aromatic carbocycles. The first-order valence-electron chi connectivity index (χ1n) is 8.64. The number of ether oxygens (including phenoxy) is 2. The molecule has 1 aliphatic rings. The quantitative estimate of drug-likeness (QED) is 0.726. The van der Waals surface area contributed by atoms with Crippen LogP contribution in [0.4, 0.5) is 0 Å². The second kappa shape index (κ2) is 8.02. The van der Waals surface area contributed by atoms with Crippen molar-refractivity contribution < 1.29 is 14.3 Å². The van der Waals surface area contributed by atoms with Crippen molar-refractivity contribution >= 4 is 17.1 Å². The Hall–Kier alpha value is -1.85. The fourth-order valence-corrected chi connectivity index (χ4v) is 4.42. The maximum atomic E-state index is 12.8. The van der Waals surface area contributed by atoms with E-state index >= 15 is 0 Å². The first kappa shape index (κ1) is 18.0. The highest BCUT2D eigenvalue weighted by Gasteiger charge is 2.28. The molecule has 4 nitrogen and oxygen atoms in total. The smallest absolute Gasteiger partial charge is 0.177 e. The maximum absolute atomic E-state index is 12.8. The Kier molecular flexibility index (Phi) is 5.76. The SMILES string of the molecule is COc1ccc(OC)c(CN2CCC[C@@H](C(=O)c3sccc3C)C2)c1. The lowest BCUT2D eigenvalue weighted by atomic mass is 9.92. The van der Waals surface area contributed by atoms with Gasteiger partial charge in [-0.2, -0.15) is 0 Å². The van der Waals surface area contributed by atoms with Crippen LogP contribution in [-0.4, -0.2) is 38.0 Å². The zero-order chi connectivity index (χ0) is 17.8. The number of hydrogen-bond acceptors (Lipinski definition) is 5. The van der Waals surface area contributed by atoms with Crippen LogP contribution in [0.2, 0.25) is 0 Å². The monoisotopic (exact) mass is 359 g/mol. The zero-order valence-electron chi connectivity index (χ0n) is 15.1. The van der Waals surface area contributed by atoms with Gasteiger partial charge in [-0.3, -0.25) is 9.69 Å². The summed E-state index contributed by atoms with van der Waals surface area (Å²) in [4.78, 5) is 16.1. The summed E-state index contributed by atoms with van der Waals surface area (Å²) in [6, 6.07) is 7.90. The highest BCUT2D eigenvalue weighted by Crippen LogP contribution is 2.29. The maximum Gasteiger partial charge on any atom is 0.177 e. The van der Waals surface area contributed by atoms with Crippen molar-refractivity contribution in [3.8, 4) is 11.5 Å². The molecular formula is C20H25NO3S. The van der Waals surface area contributed by atoms with E-state index < -0.39 is 0 Å². The van der Waals surface area contributed by atoms with Gasteiger partial charge in [-0.25, -0.2) is 0 Å². The van der Waals surface area contributed by atoms with Crippen molar-refractivity contribution in [2.75, 3.05) is 27.3 Å². The Morgan fingerprint density at radius 2 is 2.12 bits per heavy atom. The van der Waals surface area contributed by atoms with E-state index in [0.717, 1.165) is 60.0 Å². The highest BCUT2D eigenvalue weighted by atomic mass is 32.1. The van der Waals surface area contributed by atoms with Gasteiger partial charge >= 0.3 is 0 Å². The van der Waals surface area contributed by atoms with Crippen molar-refractivity contribution in [3.05, 3.63) is 45.6 Å². The molecule has 1 atom stereocenters. The third-order valence-corrected chi connectivity index (χ3v) is 5.87. The lowest BCUT2D eigenvalue weighted by Gasteiger charge is -2.32. The molecule has 5 heteroatoms. The fourth-order valence-electron chi connectivity index (χ4n) is 3.47. The van der Waals surface area contributed by atoms with Crippen LogP contribution in [0.5, 0.6) is 11.5 Å². The molecule has 0 unspecified atom stereocenters. The van der Waals surface area contributed by atoms with Crippen LogP contribution in [0.25, 0.3) is 0 Å². The number of hydrogen-bond donors (Lipinski definition) is 0. The molecule has 3 rings (SSSR count). The number of benzene rings is 1. The van der Waals surface area contributed by atoms with Crippen LogP contribution < -0.4 is 9.47 Å². The van der Waals surface area contributed by atoms with Crippen LogP contribution in [-0.2, 0) is 6.54 Å². The normalized spacial score (nSPS) is 18.1. The predicted octanol–water partition coefficient (Wildman–Crippen LogP) is 4.17. The summed E-state index contributed by atoms with van der Waals surface area (Å²) in [5, 5.41) is 2.00. The first-order chi connectivity index (χ1) is 12.1. The number of likely N-dealkylation sites (tertiary alicyclic amines) is 1. The van der Waals surface area contributed by atoms with E-state index in [0.29, 0.717) is 5.78 Å². The molecule has 0 radical (unpaired) electrons. The zero-order valence-corrected chi connectivity index (χ0v) is 15.9. The Labute approximate surface area is 153 Å². The van der Waals surface area contributed by atoms with Crippen molar-refractivity contribution in [1.82, 2.24) is 4.90 Å². The molecular weight excluding hydrogens is 334 g/mol. The molecule has 1 fully saturated rings. The Morgan fingerprint density at radius 3 is 2.80 bits per heavy atom. The van der Waals surface area contributed by atoms with Crippen molar-refractivity contribution in [3.63, 3.8) is 0 Å². The average molecular weight is 359 g/mol. The highest BCUT2D eigenvalue weighted by molar-refractivity contribution is 7.12. The van der Waals surface area contributed by atoms with Gasteiger partial charge in [-0.1, -0.05) is 0 Å². The van der Waals surface area contributed by atoms with Gasteiger partial charge in [-0.15, -0.1) is 11.3 Å². The van der Waals surface area contributed by atoms with E-state index in [-0.39, 0.29) is 5.92 Å². The minimum absolute atomic E-state index is 0.0858. The predicted molar refractivity (Wildman–Crippen MR) is 101 cm³/mol. The van der Waals surface area contributed by atoms with E-state index in [2.05, 4.69) is 4.90 Å². The summed E-state index contributed by atoms with van der Waals surface area (Å²) < 4.78 is 10.8. The number of carbonyl (C=O) groups excluding carboxylic acids is 1. The lowest BCUT2D eigenvalue weighted by molar-refractivity contribution is 0.0814. The van der Waals surface area contributed by atoms with E-state index in [1.165, 1.54) is 0 Å². The Bertz CT molecular complexity index is 740. The molecule has 1 saturated heterocycles. The first-order valence-corrected chi connectivity index (χ1v) is 9.52. The number of methoxy groups -OCH3 is 2. The third-order valence-electron chi connectivity index (χ3n) is 4.84. The summed E-state index contributed by atoms with van der Waals surface area (Å²) in [5.41, 5.74) is 2.20. The summed E-state index contributed by atoms with van der Waals surface area (Å²) >= 11 is 1.56. The van der Waals surface area contributed by atoms with E-state index in [1.807, 2.05) is 36.6 Å². The molecule has 2 aromatic rings. The van der Waals surface area contributed by atoms with Gasteiger partial charge in [-0.05, 0) is 61.5 Å². The van der Waals surface area contributed by atoms with Gasteiger partial charge in [0.25, 0.3) is 0 Å². The number of aryl methyl sites for hydroxylation is 1. The molecule has 0 bridgehead atoms. The molecule has 0 spiro atoms. The van der Waals surface area contributed by atoms with E-state index in [4.69, 9.17) is 9.47 Å². The third kappa shape index (κ3) is 4.05. The lowest BCUT2D eigenvalue weighted by Crippen LogP contribution is -2.38. The van der Waals surface area contributed by atoms with Crippen LogP contribution in [0.1, 0.15) is 33.6 Å². The van der Waals surface area contributed by atoms with Gasteiger partial charge in [0.05, 0.1) is 19.1 Å². The molecule has 0 aliphatic carbocycles. The average Bonchev–Trinajstić information content (AvgIpc) is 3.07. The molecule has 0 amide bonds. The van der Waals surface area contributed by atoms with Gasteiger partial charge in [0.2, 0.25) is 0 Å². The van der Waals surface area contributed by atoms with Gasteiger partial charge < -0.3 is 9.47 Å². The second-order valence-corrected chi connectivity index (χ2v) is 7.47. The van der Waals surface area contributed by atoms with Gasteiger partial charge in [0.15, 0.2) is 5.78 Å². The van der Waals surface area contributed by atoms with E-state index in [9.17, 15) is 4.79 Å². The fraction of sp³-hybridized carbons (Fsp3) is 0.450. The van der Waals surface area contributed by atoms with Gasteiger partial charge in [0, 0.05) is 24.6 Å². The number of Topliss-reactive ketones (excluding diaryl/α,β-unsaturated/α-hetero) is 1. The Balaban J connectivity index is 1.72. The number of rotatable bonds is 6. The second-order valence-electron chi connectivity index (χ2n) is 6.55. The molecule has 1 aliphatic heterocycles. The van der Waals surface area contributed by atoms with Crippen molar-refractivity contribution in [1.29, 1.82) is 0 Å². The summed E-state index contributed by atoms with van der Waals surface area (Å²) in [6.07, 6.45) is 2.02. The van der Waals surface area contributed by atoms with Crippen LogP contribution in [0.15, 0.2) is 29.6 Å². The van der Waals surface area contributed by atoms with Crippen LogP contribution in [0, 0.1) is 12.8 Å². The molecule has 1 aromatic heterocycles. The van der Waals surface area contributed by atoms with Crippen LogP contribution >= 0.6 is 11.3 Å². The van der Waals surface area contributed by atoms with Gasteiger partial charge in [0.1, 0.15) is 11.5 Å². The molecule has 0 saturated carbocycles.